The third kappa shape index (κ3) is 5.07. The van der Waals surface area contributed by atoms with Gasteiger partial charge in [0.2, 0.25) is 16.9 Å². The summed E-state index contributed by atoms with van der Waals surface area (Å²) in [5.74, 6) is 0.0723. The van der Waals surface area contributed by atoms with Crippen LogP contribution in [0.2, 0.25) is 0 Å². The lowest BCUT2D eigenvalue weighted by molar-refractivity contribution is -0.130. The molecule has 0 aliphatic heterocycles. The Morgan fingerprint density at radius 1 is 1.26 bits per heavy atom. The zero-order chi connectivity index (χ0) is 19.4. The van der Waals surface area contributed by atoms with Crippen LogP contribution in [0, 0.1) is 0 Å². The molecule has 1 atom stereocenters. The van der Waals surface area contributed by atoms with Crippen LogP contribution in [-0.2, 0) is 16.1 Å². The summed E-state index contributed by atoms with van der Waals surface area (Å²) >= 11 is 2.79. The minimum atomic E-state index is -0.263. The second-order valence-electron chi connectivity index (χ2n) is 6.57. The van der Waals surface area contributed by atoms with Crippen molar-refractivity contribution in [3.05, 3.63) is 35.9 Å². The number of amides is 2. The van der Waals surface area contributed by atoms with Crippen LogP contribution >= 0.6 is 23.1 Å². The Balaban J connectivity index is 1.63. The number of rotatable bonds is 8. The Labute approximate surface area is 168 Å². The number of hydrogen-bond acceptors (Lipinski definition) is 6. The SMILES string of the molecule is CCN(Cc1ccccc1)C(=O)C(C)Sc1nnc(N(C(C)=O)C2CC2)s1. The van der Waals surface area contributed by atoms with E-state index in [4.69, 9.17) is 0 Å². The molecule has 0 bridgehead atoms. The largest absolute Gasteiger partial charge is 0.338 e. The molecule has 1 fully saturated rings. The second-order valence-corrected chi connectivity index (χ2v) is 9.11. The Hall–Kier alpha value is -1.93. The Bertz CT molecular complexity index is 792. The fraction of sp³-hybridized carbons (Fsp3) is 0.474. The summed E-state index contributed by atoms with van der Waals surface area (Å²) in [6.45, 7) is 6.69. The van der Waals surface area contributed by atoms with E-state index >= 15 is 0 Å². The molecule has 1 aliphatic carbocycles. The average Bonchev–Trinajstić information content (AvgIpc) is 3.38. The van der Waals surface area contributed by atoms with Crippen molar-refractivity contribution in [3.63, 3.8) is 0 Å². The predicted octanol–water partition coefficient (Wildman–Crippen LogP) is 3.58. The van der Waals surface area contributed by atoms with E-state index in [9.17, 15) is 9.59 Å². The molecule has 0 spiro atoms. The number of hydrogen-bond donors (Lipinski definition) is 0. The van der Waals surface area contributed by atoms with Crippen molar-refractivity contribution in [1.29, 1.82) is 0 Å². The van der Waals surface area contributed by atoms with Gasteiger partial charge < -0.3 is 4.90 Å². The molecule has 0 N–H and O–H groups in total. The summed E-state index contributed by atoms with van der Waals surface area (Å²) in [6.07, 6.45) is 2.03. The first-order valence-corrected chi connectivity index (χ1v) is 10.8. The normalized spacial score (nSPS) is 14.6. The highest BCUT2D eigenvalue weighted by atomic mass is 32.2. The second kappa shape index (κ2) is 8.84. The van der Waals surface area contributed by atoms with Crippen molar-refractivity contribution in [2.24, 2.45) is 0 Å². The Morgan fingerprint density at radius 2 is 1.96 bits per heavy atom. The summed E-state index contributed by atoms with van der Waals surface area (Å²) in [5, 5.41) is 8.73. The van der Waals surface area contributed by atoms with E-state index < -0.39 is 0 Å². The quantitative estimate of drug-likeness (QED) is 0.497. The van der Waals surface area contributed by atoms with Gasteiger partial charge in [-0.05, 0) is 32.3 Å². The van der Waals surface area contributed by atoms with Gasteiger partial charge in [-0.1, -0.05) is 53.4 Å². The molecule has 1 aliphatic rings. The molecule has 0 saturated heterocycles. The summed E-state index contributed by atoms with van der Waals surface area (Å²) in [6, 6.07) is 10.2. The summed E-state index contributed by atoms with van der Waals surface area (Å²) < 4.78 is 0.716. The van der Waals surface area contributed by atoms with Gasteiger partial charge in [-0.3, -0.25) is 14.5 Å². The topological polar surface area (TPSA) is 66.4 Å². The third-order valence-electron chi connectivity index (χ3n) is 4.39. The van der Waals surface area contributed by atoms with Crippen LogP contribution in [0.1, 0.15) is 39.2 Å². The number of thioether (sulfide) groups is 1. The van der Waals surface area contributed by atoms with Gasteiger partial charge in [-0.25, -0.2) is 0 Å². The maximum atomic E-state index is 12.8. The van der Waals surface area contributed by atoms with Crippen molar-refractivity contribution in [2.75, 3.05) is 11.4 Å². The first kappa shape index (κ1) is 19.8. The zero-order valence-electron chi connectivity index (χ0n) is 15.8. The van der Waals surface area contributed by atoms with Crippen LogP contribution in [0.25, 0.3) is 0 Å². The number of benzene rings is 1. The maximum absolute atomic E-state index is 12.8. The molecule has 3 rings (SSSR count). The van der Waals surface area contributed by atoms with E-state index in [0.717, 1.165) is 18.4 Å². The lowest BCUT2D eigenvalue weighted by atomic mass is 10.2. The number of nitrogens with zero attached hydrogens (tertiary/aromatic N) is 4. The number of anilines is 1. The van der Waals surface area contributed by atoms with Gasteiger partial charge in [-0.15, -0.1) is 10.2 Å². The van der Waals surface area contributed by atoms with E-state index in [1.54, 1.807) is 11.8 Å². The fourth-order valence-electron chi connectivity index (χ4n) is 2.84. The first-order valence-electron chi connectivity index (χ1n) is 9.12. The number of aromatic nitrogens is 2. The Morgan fingerprint density at radius 3 is 2.56 bits per heavy atom. The van der Waals surface area contributed by atoms with Crippen molar-refractivity contribution in [3.8, 4) is 0 Å². The minimum Gasteiger partial charge on any atom is -0.338 e. The van der Waals surface area contributed by atoms with Gasteiger partial charge in [0.15, 0.2) is 4.34 Å². The summed E-state index contributed by atoms with van der Waals surface area (Å²) in [7, 11) is 0. The highest BCUT2D eigenvalue weighted by Gasteiger charge is 2.34. The molecule has 6 nitrogen and oxygen atoms in total. The lowest BCUT2D eigenvalue weighted by Gasteiger charge is -2.23. The van der Waals surface area contributed by atoms with E-state index in [2.05, 4.69) is 10.2 Å². The van der Waals surface area contributed by atoms with E-state index in [1.807, 2.05) is 49.1 Å². The lowest BCUT2D eigenvalue weighted by Crippen LogP contribution is -2.35. The van der Waals surface area contributed by atoms with Gasteiger partial charge in [0, 0.05) is 26.1 Å². The molecule has 8 heteroatoms. The van der Waals surface area contributed by atoms with Crippen molar-refractivity contribution in [1.82, 2.24) is 15.1 Å². The molecule has 1 aromatic heterocycles. The highest BCUT2D eigenvalue weighted by Crippen LogP contribution is 2.37. The molecule has 1 unspecified atom stereocenters. The maximum Gasteiger partial charge on any atom is 0.236 e. The van der Waals surface area contributed by atoms with Crippen LogP contribution in [-0.4, -0.2) is 44.7 Å². The standard InChI is InChI=1S/C19H24N4O2S2/c1-4-22(12-15-8-6-5-7-9-15)17(25)13(2)26-19-21-20-18(27-19)23(14(3)24)16-10-11-16/h5-9,13,16H,4,10-12H2,1-3H3. The van der Waals surface area contributed by atoms with E-state index in [-0.39, 0.29) is 23.1 Å². The third-order valence-corrected chi connectivity index (χ3v) is 6.48. The molecule has 27 heavy (non-hydrogen) atoms. The van der Waals surface area contributed by atoms with E-state index in [1.165, 1.54) is 23.1 Å². The summed E-state index contributed by atoms with van der Waals surface area (Å²) in [5.41, 5.74) is 1.12. The zero-order valence-corrected chi connectivity index (χ0v) is 17.4. The Kier molecular flexibility index (Phi) is 6.49. The minimum absolute atomic E-state index is 0.00524. The van der Waals surface area contributed by atoms with Crippen molar-refractivity contribution >= 4 is 40.0 Å². The highest BCUT2D eigenvalue weighted by molar-refractivity contribution is 8.02. The van der Waals surface area contributed by atoms with Gasteiger partial charge >= 0.3 is 0 Å². The number of carbonyl (C=O) groups excluding carboxylic acids is 2. The average molecular weight is 405 g/mol. The number of carbonyl (C=O) groups is 2. The van der Waals surface area contributed by atoms with Crippen LogP contribution < -0.4 is 4.90 Å². The van der Waals surface area contributed by atoms with Gasteiger partial charge in [0.05, 0.1) is 5.25 Å². The molecular formula is C19H24N4O2S2. The van der Waals surface area contributed by atoms with E-state index in [0.29, 0.717) is 22.6 Å². The van der Waals surface area contributed by atoms with Crippen LogP contribution in [0.15, 0.2) is 34.7 Å². The van der Waals surface area contributed by atoms with Crippen LogP contribution in [0.3, 0.4) is 0 Å². The molecule has 1 aromatic carbocycles. The molecule has 2 amide bonds. The molecule has 1 saturated carbocycles. The molecule has 1 heterocycles. The predicted molar refractivity (Wildman–Crippen MR) is 109 cm³/mol. The van der Waals surface area contributed by atoms with Gasteiger partial charge in [0.1, 0.15) is 0 Å². The van der Waals surface area contributed by atoms with Crippen molar-refractivity contribution < 1.29 is 9.59 Å². The monoisotopic (exact) mass is 404 g/mol. The van der Waals surface area contributed by atoms with Crippen LogP contribution in [0.5, 0.6) is 0 Å². The van der Waals surface area contributed by atoms with Crippen molar-refractivity contribution in [2.45, 2.75) is 55.8 Å². The van der Waals surface area contributed by atoms with Crippen LogP contribution in [0.4, 0.5) is 5.13 Å². The molecule has 2 aromatic rings. The molecule has 144 valence electrons. The fourth-order valence-corrected chi connectivity index (χ4v) is 5.02. The first-order chi connectivity index (χ1) is 13.0. The summed E-state index contributed by atoms with van der Waals surface area (Å²) in [4.78, 5) is 28.3. The van der Waals surface area contributed by atoms with Gasteiger partial charge in [-0.2, -0.15) is 0 Å². The van der Waals surface area contributed by atoms with Gasteiger partial charge in [0.25, 0.3) is 0 Å². The molecular weight excluding hydrogens is 380 g/mol. The molecule has 0 radical (unpaired) electrons. The smallest absolute Gasteiger partial charge is 0.236 e.